The highest BCUT2D eigenvalue weighted by molar-refractivity contribution is 7.13. The van der Waals surface area contributed by atoms with E-state index in [0.717, 1.165) is 27.6 Å². The molecule has 0 aliphatic rings. The number of hydrogen-bond donors (Lipinski definition) is 2. The van der Waals surface area contributed by atoms with Crippen molar-refractivity contribution in [2.24, 2.45) is 0 Å². The summed E-state index contributed by atoms with van der Waals surface area (Å²) in [4.78, 5) is 5.58. The molecule has 2 heterocycles. The van der Waals surface area contributed by atoms with Crippen molar-refractivity contribution in [1.82, 2.24) is 14.8 Å². The van der Waals surface area contributed by atoms with Gasteiger partial charge in [-0.1, -0.05) is 36.4 Å². The first-order valence-corrected chi connectivity index (χ1v) is 12.5. The monoisotopic (exact) mass is 494 g/mol. The molecule has 0 aliphatic heterocycles. The third kappa shape index (κ3) is 7.37. The molecule has 0 unspecified atom stereocenters. The Labute approximate surface area is 209 Å². The molecule has 1 atom stereocenters. The molecular weight excluding hydrogens is 464 g/mol. The van der Waals surface area contributed by atoms with Crippen molar-refractivity contribution in [2.45, 2.75) is 19.6 Å². The number of rotatable bonds is 14. The second-order valence-corrected chi connectivity index (χ2v) is 8.68. The topological polar surface area (TPSA) is 90.7 Å². The van der Waals surface area contributed by atoms with Crippen LogP contribution in [0, 0.1) is 0 Å². The van der Waals surface area contributed by atoms with E-state index in [1.165, 1.54) is 0 Å². The molecule has 0 aliphatic carbocycles. The van der Waals surface area contributed by atoms with Crippen molar-refractivity contribution in [3.8, 4) is 22.4 Å². The van der Waals surface area contributed by atoms with Crippen molar-refractivity contribution >= 4 is 17.0 Å². The van der Waals surface area contributed by atoms with Gasteiger partial charge in [0.1, 0.15) is 6.61 Å². The van der Waals surface area contributed by atoms with E-state index in [9.17, 15) is 5.11 Å². The van der Waals surface area contributed by atoms with Gasteiger partial charge in [0.2, 0.25) is 0 Å². The molecule has 0 saturated carbocycles. The van der Waals surface area contributed by atoms with Crippen LogP contribution in [0.4, 0.5) is 5.69 Å². The Kier molecular flexibility index (Phi) is 9.24. The fourth-order valence-electron chi connectivity index (χ4n) is 3.34. The first kappa shape index (κ1) is 24.9. The Balaban J connectivity index is 1.34. The van der Waals surface area contributed by atoms with Gasteiger partial charge in [-0.25, -0.2) is 4.68 Å². The molecular formula is C26H30N4O4S. The number of anilines is 1. The number of aliphatic hydroxyl groups is 1. The number of aromatic nitrogens is 3. The smallest absolute Gasteiger partial charge is 0.336 e. The number of benzene rings is 2. The summed E-state index contributed by atoms with van der Waals surface area (Å²) >= 11 is 1.59. The highest BCUT2D eigenvalue weighted by atomic mass is 32.1. The Bertz CT molecular complexity index is 1130. The second-order valence-electron chi connectivity index (χ2n) is 7.73. The fraction of sp³-hybridized carbons (Fsp3) is 0.308. The lowest BCUT2D eigenvalue weighted by atomic mass is 10.2. The number of hydrogen-bond acceptors (Lipinski definition) is 8. The van der Waals surface area contributed by atoms with Crippen LogP contribution in [0.15, 0.2) is 72.1 Å². The lowest BCUT2D eigenvalue weighted by Gasteiger charge is -2.14. The minimum Gasteiger partial charge on any atom is -0.460 e. The maximum atomic E-state index is 10.2. The lowest BCUT2D eigenvalue weighted by Crippen LogP contribution is -2.24. The molecule has 0 amide bonds. The van der Waals surface area contributed by atoms with Gasteiger partial charge in [-0.15, -0.1) is 16.4 Å². The molecule has 0 saturated heterocycles. The molecule has 184 valence electrons. The molecule has 8 nitrogen and oxygen atoms in total. The van der Waals surface area contributed by atoms with Gasteiger partial charge < -0.3 is 24.6 Å². The molecule has 2 N–H and O–H groups in total. The van der Waals surface area contributed by atoms with Gasteiger partial charge in [0.25, 0.3) is 0 Å². The molecule has 4 rings (SSSR count). The maximum Gasteiger partial charge on any atom is 0.336 e. The predicted molar refractivity (Wildman–Crippen MR) is 137 cm³/mol. The largest absolute Gasteiger partial charge is 0.460 e. The van der Waals surface area contributed by atoms with Crippen LogP contribution < -0.4 is 10.1 Å². The predicted octanol–water partition coefficient (Wildman–Crippen LogP) is 4.40. The van der Waals surface area contributed by atoms with Crippen molar-refractivity contribution in [3.05, 3.63) is 77.7 Å². The molecule has 0 fully saturated rings. The number of nitrogens with zero attached hydrogens (tertiary/aromatic N) is 3. The van der Waals surface area contributed by atoms with Crippen LogP contribution >= 0.6 is 11.3 Å². The Morgan fingerprint density at radius 2 is 1.83 bits per heavy atom. The summed E-state index contributed by atoms with van der Waals surface area (Å²) in [5.41, 5.74) is 2.83. The van der Waals surface area contributed by atoms with Crippen LogP contribution in [0.25, 0.3) is 16.4 Å². The number of aliphatic hydroxyl groups excluding tert-OH is 1. The molecule has 9 heteroatoms. The maximum absolute atomic E-state index is 10.2. The van der Waals surface area contributed by atoms with Gasteiger partial charge >= 0.3 is 6.01 Å². The van der Waals surface area contributed by atoms with E-state index in [4.69, 9.17) is 14.2 Å². The quantitative estimate of drug-likeness (QED) is 0.251. The van der Waals surface area contributed by atoms with Gasteiger partial charge in [0.15, 0.2) is 5.82 Å². The zero-order valence-corrected chi connectivity index (χ0v) is 20.5. The van der Waals surface area contributed by atoms with Gasteiger partial charge in [0, 0.05) is 18.8 Å². The fourth-order valence-corrected chi connectivity index (χ4v) is 4.04. The number of nitrogens with one attached hydrogen (secondary N) is 1. The summed E-state index contributed by atoms with van der Waals surface area (Å²) in [6.45, 7) is 4.59. The lowest BCUT2D eigenvalue weighted by molar-refractivity contribution is 0.0348. The van der Waals surface area contributed by atoms with Crippen molar-refractivity contribution < 1.29 is 19.3 Å². The molecule has 2 aromatic carbocycles. The minimum absolute atomic E-state index is 0.259. The first-order valence-electron chi connectivity index (χ1n) is 11.6. The SMILES string of the molecule is CCOCCOc1nc(-c2cccs2)n(-c2ccc(NC[C@@H](O)COCc3ccccc3)cc2)n1. The molecule has 0 radical (unpaired) electrons. The van der Waals surface area contributed by atoms with Crippen LogP contribution in [-0.4, -0.2) is 58.9 Å². The second kappa shape index (κ2) is 13.0. The van der Waals surface area contributed by atoms with Crippen molar-refractivity contribution in [3.63, 3.8) is 0 Å². The normalized spacial score (nSPS) is 11.9. The van der Waals surface area contributed by atoms with E-state index in [-0.39, 0.29) is 6.61 Å². The number of ether oxygens (including phenoxy) is 3. The summed E-state index contributed by atoms with van der Waals surface area (Å²) in [5.74, 6) is 0.720. The Morgan fingerprint density at radius 1 is 1.00 bits per heavy atom. The summed E-state index contributed by atoms with van der Waals surface area (Å²) in [6.07, 6.45) is -0.615. The van der Waals surface area contributed by atoms with Gasteiger partial charge in [-0.2, -0.15) is 4.98 Å². The van der Waals surface area contributed by atoms with Crippen LogP contribution in [0.5, 0.6) is 6.01 Å². The third-order valence-electron chi connectivity index (χ3n) is 5.07. The van der Waals surface area contributed by atoms with Crippen LogP contribution in [0.3, 0.4) is 0 Å². The molecule has 35 heavy (non-hydrogen) atoms. The summed E-state index contributed by atoms with van der Waals surface area (Å²) in [6, 6.07) is 22.0. The molecule has 2 aromatic heterocycles. The average molecular weight is 495 g/mol. The van der Waals surface area contributed by atoms with E-state index >= 15 is 0 Å². The number of thiophene rings is 1. The van der Waals surface area contributed by atoms with Crippen molar-refractivity contribution in [1.29, 1.82) is 0 Å². The van der Waals surface area contributed by atoms with Crippen LogP contribution in [0.1, 0.15) is 12.5 Å². The standard InChI is InChI=1S/C26H30N4O4S/c1-2-32-14-15-34-26-28-25(24-9-6-16-35-24)30(29-26)22-12-10-21(11-13-22)27-17-23(31)19-33-18-20-7-4-3-5-8-20/h3-13,16,23,27,31H,2,14-15,17-19H2,1H3/t23-/m1/s1. The van der Waals surface area contributed by atoms with E-state index < -0.39 is 6.10 Å². The zero-order chi connectivity index (χ0) is 24.3. The van der Waals surface area contributed by atoms with Gasteiger partial charge in [-0.3, -0.25) is 0 Å². The minimum atomic E-state index is -0.615. The Morgan fingerprint density at radius 3 is 2.57 bits per heavy atom. The molecule has 0 spiro atoms. The molecule has 4 aromatic rings. The van der Waals surface area contributed by atoms with Crippen LogP contribution in [0.2, 0.25) is 0 Å². The van der Waals surface area contributed by atoms with Crippen molar-refractivity contribution in [2.75, 3.05) is 38.3 Å². The summed E-state index contributed by atoms with van der Waals surface area (Å²) in [7, 11) is 0. The van der Waals surface area contributed by atoms with E-state index in [2.05, 4.69) is 15.4 Å². The van der Waals surface area contributed by atoms with E-state index in [1.807, 2.05) is 79.0 Å². The summed E-state index contributed by atoms with van der Waals surface area (Å²) in [5, 5.41) is 20.0. The van der Waals surface area contributed by atoms with Gasteiger partial charge in [-0.05, 0) is 48.2 Å². The molecule has 0 bridgehead atoms. The third-order valence-corrected chi connectivity index (χ3v) is 5.93. The first-order chi connectivity index (χ1) is 17.2. The summed E-state index contributed by atoms with van der Waals surface area (Å²) < 4.78 is 18.4. The Hall–Kier alpha value is -3.24. The van der Waals surface area contributed by atoms with E-state index in [1.54, 1.807) is 16.0 Å². The highest BCUT2D eigenvalue weighted by Crippen LogP contribution is 2.27. The van der Waals surface area contributed by atoms with Crippen LogP contribution in [-0.2, 0) is 16.1 Å². The zero-order valence-electron chi connectivity index (χ0n) is 19.7. The highest BCUT2D eigenvalue weighted by Gasteiger charge is 2.15. The van der Waals surface area contributed by atoms with E-state index in [0.29, 0.717) is 39.0 Å². The van der Waals surface area contributed by atoms with Gasteiger partial charge in [0.05, 0.1) is 36.5 Å². The average Bonchev–Trinajstić information content (AvgIpc) is 3.57.